The molecule has 1 saturated heterocycles. The normalized spacial score (nSPS) is 15.7. The highest BCUT2D eigenvalue weighted by Gasteiger charge is 2.22. The lowest BCUT2D eigenvalue weighted by molar-refractivity contribution is 0.0638. The number of halogens is 1. The Bertz CT molecular complexity index is 891. The summed E-state index contributed by atoms with van der Waals surface area (Å²) in [6, 6.07) is 12.2. The first-order chi connectivity index (χ1) is 12.8. The first-order valence-corrected chi connectivity index (χ1v) is 10.3. The molecule has 6 nitrogen and oxygen atoms in total. The lowest BCUT2D eigenvalue weighted by Gasteiger charge is -2.34. The van der Waals surface area contributed by atoms with E-state index in [2.05, 4.69) is 4.90 Å². The summed E-state index contributed by atoms with van der Waals surface area (Å²) >= 11 is 0. The molecule has 144 valence electrons. The van der Waals surface area contributed by atoms with Gasteiger partial charge < -0.3 is 4.90 Å². The highest BCUT2D eigenvalue weighted by molar-refractivity contribution is 7.89. The molecule has 0 spiro atoms. The molecule has 2 aromatic carbocycles. The molecule has 3 rings (SSSR count). The summed E-state index contributed by atoms with van der Waals surface area (Å²) in [5.74, 6) is -0.429. The first-order valence-electron chi connectivity index (χ1n) is 8.72. The molecule has 27 heavy (non-hydrogen) atoms. The van der Waals surface area contributed by atoms with Crippen molar-refractivity contribution < 1.29 is 17.6 Å². The Balaban J connectivity index is 1.48. The van der Waals surface area contributed by atoms with E-state index in [-0.39, 0.29) is 16.6 Å². The van der Waals surface area contributed by atoms with E-state index in [4.69, 9.17) is 5.14 Å². The van der Waals surface area contributed by atoms with Crippen LogP contribution >= 0.6 is 0 Å². The van der Waals surface area contributed by atoms with Gasteiger partial charge in [-0.15, -0.1) is 0 Å². The van der Waals surface area contributed by atoms with E-state index in [9.17, 15) is 17.6 Å². The van der Waals surface area contributed by atoms with Gasteiger partial charge in [-0.1, -0.05) is 12.1 Å². The van der Waals surface area contributed by atoms with Gasteiger partial charge in [0.1, 0.15) is 5.82 Å². The minimum absolute atomic E-state index is 0.0757. The Kier molecular flexibility index (Phi) is 5.88. The van der Waals surface area contributed by atoms with E-state index in [1.165, 1.54) is 36.4 Å². The van der Waals surface area contributed by atoms with Gasteiger partial charge in [0.05, 0.1) is 4.90 Å². The van der Waals surface area contributed by atoms with Crippen molar-refractivity contribution >= 4 is 15.9 Å². The average Bonchev–Trinajstić information content (AvgIpc) is 2.66. The number of primary sulfonamides is 1. The van der Waals surface area contributed by atoms with E-state index in [1.807, 2.05) is 0 Å². The zero-order chi connectivity index (χ0) is 19.4. The summed E-state index contributed by atoms with van der Waals surface area (Å²) in [4.78, 5) is 16.6. The largest absolute Gasteiger partial charge is 0.336 e. The molecule has 0 bridgehead atoms. The summed E-state index contributed by atoms with van der Waals surface area (Å²) in [5, 5.41) is 5.10. The molecule has 2 N–H and O–H groups in total. The molecule has 1 aliphatic heterocycles. The second-order valence-electron chi connectivity index (χ2n) is 6.58. The third-order valence-electron chi connectivity index (χ3n) is 4.72. The SMILES string of the molecule is NS(=O)(=O)c1ccc(CCN2CCN(C(=O)c3ccc(F)cc3)CC2)cc1. The van der Waals surface area contributed by atoms with Gasteiger partial charge in [-0.05, 0) is 48.4 Å². The van der Waals surface area contributed by atoms with Gasteiger partial charge in [-0.3, -0.25) is 9.69 Å². The van der Waals surface area contributed by atoms with E-state index in [1.54, 1.807) is 17.0 Å². The number of benzene rings is 2. The number of carbonyl (C=O) groups is 1. The number of amides is 1. The summed E-state index contributed by atoms with van der Waals surface area (Å²) < 4.78 is 35.5. The quantitative estimate of drug-likeness (QED) is 0.837. The molecule has 0 saturated carbocycles. The fourth-order valence-electron chi connectivity index (χ4n) is 3.08. The highest BCUT2D eigenvalue weighted by Crippen LogP contribution is 2.12. The molecule has 2 aromatic rings. The first kappa shape index (κ1) is 19.5. The molecule has 8 heteroatoms. The topological polar surface area (TPSA) is 83.7 Å². The summed E-state index contributed by atoms with van der Waals surface area (Å²) in [6.45, 7) is 3.61. The Hall–Kier alpha value is -2.29. The molecule has 1 fully saturated rings. The monoisotopic (exact) mass is 391 g/mol. The molecule has 1 heterocycles. The predicted octanol–water partition coefficient (Wildman–Crippen LogP) is 1.47. The average molecular weight is 391 g/mol. The molecule has 1 amide bonds. The van der Waals surface area contributed by atoms with Crippen LogP contribution in [0.2, 0.25) is 0 Å². The smallest absolute Gasteiger partial charge is 0.253 e. The van der Waals surface area contributed by atoms with Crippen LogP contribution in [0.5, 0.6) is 0 Å². The van der Waals surface area contributed by atoms with Crippen molar-refractivity contribution in [3.8, 4) is 0 Å². The number of rotatable bonds is 5. The highest BCUT2D eigenvalue weighted by atomic mass is 32.2. The van der Waals surface area contributed by atoms with E-state index in [0.29, 0.717) is 18.7 Å². The van der Waals surface area contributed by atoms with Crippen molar-refractivity contribution in [3.63, 3.8) is 0 Å². The molecular weight excluding hydrogens is 369 g/mol. The van der Waals surface area contributed by atoms with Crippen LogP contribution in [0.3, 0.4) is 0 Å². The summed E-state index contributed by atoms with van der Waals surface area (Å²) in [7, 11) is -3.66. The van der Waals surface area contributed by atoms with Crippen molar-refractivity contribution in [2.75, 3.05) is 32.7 Å². The van der Waals surface area contributed by atoms with Crippen molar-refractivity contribution in [2.24, 2.45) is 5.14 Å². The molecule has 0 radical (unpaired) electrons. The van der Waals surface area contributed by atoms with Crippen LogP contribution in [-0.2, 0) is 16.4 Å². The van der Waals surface area contributed by atoms with Crippen LogP contribution in [0, 0.1) is 5.82 Å². The number of nitrogens with zero attached hydrogens (tertiary/aromatic N) is 2. The fourth-order valence-corrected chi connectivity index (χ4v) is 3.60. The van der Waals surface area contributed by atoms with Gasteiger partial charge in [-0.25, -0.2) is 17.9 Å². The van der Waals surface area contributed by atoms with E-state index >= 15 is 0 Å². The minimum Gasteiger partial charge on any atom is -0.336 e. The van der Waals surface area contributed by atoms with Gasteiger partial charge in [0, 0.05) is 38.3 Å². The number of piperazine rings is 1. The maximum atomic E-state index is 13.0. The van der Waals surface area contributed by atoms with Gasteiger partial charge in [0.15, 0.2) is 0 Å². The molecular formula is C19H22FN3O3S. The van der Waals surface area contributed by atoms with E-state index < -0.39 is 10.0 Å². The molecule has 0 aromatic heterocycles. The number of hydrogen-bond acceptors (Lipinski definition) is 4. The Morgan fingerprint density at radius 1 is 0.963 bits per heavy atom. The van der Waals surface area contributed by atoms with E-state index in [0.717, 1.165) is 31.6 Å². The summed E-state index contributed by atoms with van der Waals surface area (Å²) in [5.41, 5.74) is 1.53. The van der Waals surface area contributed by atoms with Crippen molar-refractivity contribution in [3.05, 3.63) is 65.5 Å². The lowest BCUT2D eigenvalue weighted by Crippen LogP contribution is -2.49. The number of nitrogens with two attached hydrogens (primary N) is 1. The van der Waals surface area contributed by atoms with Crippen molar-refractivity contribution in [1.29, 1.82) is 0 Å². The zero-order valence-corrected chi connectivity index (χ0v) is 15.7. The van der Waals surface area contributed by atoms with Crippen molar-refractivity contribution in [2.45, 2.75) is 11.3 Å². The third-order valence-corrected chi connectivity index (χ3v) is 5.65. The molecule has 0 aliphatic carbocycles. The van der Waals surface area contributed by atoms with Gasteiger partial charge >= 0.3 is 0 Å². The predicted molar refractivity (Wildman–Crippen MR) is 100 cm³/mol. The molecule has 0 atom stereocenters. The Labute approximate surface area is 158 Å². The number of sulfonamides is 1. The Morgan fingerprint density at radius 2 is 1.56 bits per heavy atom. The second-order valence-corrected chi connectivity index (χ2v) is 8.14. The fraction of sp³-hybridized carbons (Fsp3) is 0.316. The van der Waals surface area contributed by atoms with Crippen LogP contribution < -0.4 is 5.14 Å². The number of hydrogen-bond donors (Lipinski definition) is 1. The standard InChI is InChI=1S/C19H22FN3O3S/c20-17-5-3-16(4-6-17)19(24)23-13-11-22(12-14-23)10-9-15-1-7-18(8-2-15)27(21,25)26/h1-8H,9-14H2,(H2,21,25,26). The minimum atomic E-state index is -3.66. The van der Waals surface area contributed by atoms with Gasteiger partial charge in [0.2, 0.25) is 10.0 Å². The van der Waals surface area contributed by atoms with Crippen LogP contribution in [0.15, 0.2) is 53.4 Å². The third kappa shape index (κ3) is 5.12. The van der Waals surface area contributed by atoms with Crippen LogP contribution in [0.4, 0.5) is 4.39 Å². The van der Waals surface area contributed by atoms with Crippen LogP contribution in [0.25, 0.3) is 0 Å². The Morgan fingerprint density at radius 3 is 2.11 bits per heavy atom. The van der Waals surface area contributed by atoms with Crippen LogP contribution in [0.1, 0.15) is 15.9 Å². The second kappa shape index (κ2) is 8.16. The summed E-state index contributed by atoms with van der Waals surface area (Å²) in [6.07, 6.45) is 0.788. The maximum absolute atomic E-state index is 13.0. The van der Waals surface area contributed by atoms with Crippen molar-refractivity contribution in [1.82, 2.24) is 9.80 Å². The molecule has 1 aliphatic rings. The zero-order valence-electron chi connectivity index (χ0n) is 14.8. The van der Waals surface area contributed by atoms with Gasteiger partial charge in [-0.2, -0.15) is 0 Å². The van der Waals surface area contributed by atoms with Crippen LogP contribution in [-0.4, -0.2) is 56.8 Å². The maximum Gasteiger partial charge on any atom is 0.253 e. The molecule has 0 unspecified atom stereocenters. The number of carbonyl (C=O) groups excluding carboxylic acids is 1. The van der Waals surface area contributed by atoms with Gasteiger partial charge in [0.25, 0.3) is 5.91 Å². The lowest BCUT2D eigenvalue weighted by atomic mass is 10.1.